The predicted molar refractivity (Wildman–Crippen MR) is 220 cm³/mol. The molecule has 0 fully saturated rings. The van der Waals surface area contributed by atoms with Gasteiger partial charge in [-0.05, 0) is 132 Å². The first-order chi connectivity index (χ1) is 26.6. The molecule has 0 amide bonds. The van der Waals surface area contributed by atoms with E-state index in [-0.39, 0.29) is 0 Å². The van der Waals surface area contributed by atoms with Gasteiger partial charge in [0, 0.05) is 57.1 Å². The Bertz CT molecular complexity index is 2610. The number of para-hydroxylation sites is 2. The van der Waals surface area contributed by atoms with E-state index >= 15 is 0 Å². The van der Waals surface area contributed by atoms with Crippen LogP contribution in [0.1, 0.15) is 22.3 Å². The number of fused-ring (bicyclic) bond motifs is 8. The molecule has 0 bridgehead atoms. The molecule has 4 aromatic heterocycles. The monoisotopic (exact) mass is 700 g/mol. The number of nitrogens with zero attached hydrogens (tertiary/aromatic N) is 4. The molecule has 0 atom stereocenters. The lowest BCUT2D eigenvalue weighted by molar-refractivity contribution is 0.475. The molecule has 6 aromatic carbocycles. The van der Waals surface area contributed by atoms with Crippen LogP contribution in [0.25, 0.3) is 65.2 Å². The molecule has 2 aliphatic carbocycles. The molecule has 0 saturated heterocycles. The smallest absolute Gasteiger partial charge is 0.115 e. The summed E-state index contributed by atoms with van der Waals surface area (Å²) in [6.07, 6.45) is 12.0. The molecule has 2 N–H and O–H groups in total. The molecule has 6 nitrogen and oxygen atoms in total. The number of phenolic OH excluding ortho intramolecular Hbond substituents is 2. The van der Waals surface area contributed by atoms with Crippen LogP contribution in [0.3, 0.4) is 0 Å². The molecule has 0 unspecified atom stereocenters. The molecule has 10 aromatic rings. The van der Waals surface area contributed by atoms with Crippen LogP contribution in [0, 0.1) is 0 Å². The molecule has 6 heteroatoms. The maximum Gasteiger partial charge on any atom is 0.115 e. The van der Waals surface area contributed by atoms with Gasteiger partial charge in [0.1, 0.15) is 11.5 Å². The molecular weight excluding hydrogens is 665 g/mol. The van der Waals surface area contributed by atoms with Gasteiger partial charge in [-0.2, -0.15) is 0 Å². The van der Waals surface area contributed by atoms with Crippen molar-refractivity contribution >= 4 is 65.2 Å². The fourth-order valence-corrected chi connectivity index (χ4v) is 7.95. The van der Waals surface area contributed by atoms with Crippen molar-refractivity contribution in [3.63, 3.8) is 0 Å². The van der Waals surface area contributed by atoms with E-state index in [2.05, 4.69) is 68.5 Å². The van der Waals surface area contributed by atoms with Crippen molar-refractivity contribution in [2.24, 2.45) is 0 Å². The lowest BCUT2D eigenvalue weighted by Crippen LogP contribution is -1.89. The Balaban J connectivity index is 0.000000106. The third-order valence-corrected chi connectivity index (χ3v) is 10.2. The van der Waals surface area contributed by atoms with Gasteiger partial charge in [-0.1, -0.05) is 60.7 Å². The minimum atomic E-state index is 0.322. The molecular formula is C48H36N4O2. The van der Waals surface area contributed by atoms with Gasteiger partial charge in [-0.25, -0.2) is 0 Å². The van der Waals surface area contributed by atoms with Crippen molar-refractivity contribution in [1.29, 1.82) is 0 Å². The molecule has 12 rings (SSSR count). The normalized spacial score (nSPS) is 12.3. The number of aromatic nitrogens is 4. The number of aromatic hydroxyl groups is 2. The lowest BCUT2D eigenvalue weighted by Gasteiger charge is -2.09. The van der Waals surface area contributed by atoms with Crippen LogP contribution in [-0.2, 0) is 25.7 Å². The van der Waals surface area contributed by atoms with Crippen molar-refractivity contribution in [1.82, 2.24) is 19.9 Å². The second kappa shape index (κ2) is 14.2. The van der Waals surface area contributed by atoms with Crippen molar-refractivity contribution in [2.75, 3.05) is 0 Å². The van der Waals surface area contributed by atoms with Crippen LogP contribution >= 0.6 is 0 Å². The highest BCUT2D eigenvalue weighted by Crippen LogP contribution is 2.40. The number of hydrogen-bond acceptors (Lipinski definition) is 6. The molecule has 4 heterocycles. The summed E-state index contributed by atoms with van der Waals surface area (Å²) in [5.41, 5.74) is 10.1. The van der Waals surface area contributed by atoms with Crippen LogP contribution < -0.4 is 0 Å². The van der Waals surface area contributed by atoms with Crippen molar-refractivity contribution < 1.29 is 10.2 Å². The van der Waals surface area contributed by atoms with E-state index in [1.807, 2.05) is 61.2 Å². The van der Waals surface area contributed by atoms with E-state index in [1.54, 1.807) is 48.5 Å². The van der Waals surface area contributed by atoms with Crippen LogP contribution in [0.15, 0.2) is 158 Å². The van der Waals surface area contributed by atoms with Crippen molar-refractivity contribution in [2.45, 2.75) is 25.7 Å². The van der Waals surface area contributed by atoms with E-state index in [0.29, 0.717) is 11.5 Å². The molecule has 260 valence electrons. The van der Waals surface area contributed by atoms with E-state index in [4.69, 9.17) is 10.2 Å². The first-order valence-corrected chi connectivity index (χ1v) is 18.2. The summed E-state index contributed by atoms with van der Waals surface area (Å²) >= 11 is 0. The topological polar surface area (TPSA) is 92.0 Å². The third kappa shape index (κ3) is 6.18. The molecule has 0 aliphatic heterocycles. The maximum atomic E-state index is 8.63. The summed E-state index contributed by atoms with van der Waals surface area (Å²) in [5, 5.41) is 27.4. The summed E-state index contributed by atoms with van der Waals surface area (Å²) in [5.74, 6) is 0.644. The van der Waals surface area contributed by atoms with Gasteiger partial charge in [0.25, 0.3) is 0 Å². The zero-order chi connectivity index (χ0) is 36.4. The number of benzene rings is 6. The highest BCUT2D eigenvalue weighted by molar-refractivity contribution is 6.21. The Morgan fingerprint density at radius 1 is 0.315 bits per heavy atom. The zero-order valence-electron chi connectivity index (χ0n) is 29.5. The summed E-state index contributed by atoms with van der Waals surface area (Å²) in [7, 11) is 0. The fraction of sp³-hybridized carbons (Fsp3) is 0.0833. The van der Waals surface area contributed by atoms with Gasteiger partial charge < -0.3 is 10.2 Å². The first kappa shape index (κ1) is 33.0. The average molecular weight is 701 g/mol. The fourth-order valence-electron chi connectivity index (χ4n) is 7.95. The number of pyridine rings is 4. The van der Waals surface area contributed by atoms with Gasteiger partial charge in [0.05, 0.1) is 22.1 Å². The SMILES string of the molecule is Oc1ccccc1.Oc1ccccc1.c1cnc2c(c1)cc1c3c(cc4cccnc4c32)CC1.c1cnc2c(c1)cc1c3c(cc4cccnc4c32)CC1. The van der Waals surface area contributed by atoms with Gasteiger partial charge in [0.15, 0.2) is 0 Å². The highest BCUT2D eigenvalue weighted by atomic mass is 16.3. The lowest BCUT2D eigenvalue weighted by atomic mass is 9.98. The number of rotatable bonds is 0. The summed E-state index contributed by atoms with van der Waals surface area (Å²) in [6.45, 7) is 0. The third-order valence-electron chi connectivity index (χ3n) is 10.2. The van der Waals surface area contributed by atoms with Gasteiger partial charge in [0.2, 0.25) is 0 Å². The Morgan fingerprint density at radius 3 is 0.833 bits per heavy atom. The highest BCUT2D eigenvalue weighted by Gasteiger charge is 2.21. The Morgan fingerprint density at radius 2 is 0.593 bits per heavy atom. The summed E-state index contributed by atoms with van der Waals surface area (Å²) in [4.78, 5) is 18.5. The first-order valence-electron chi connectivity index (χ1n) is 18.2. The number of phenols is 2. The summed E-state index contributed by atoms with van der Waals surface area (Å²) < 4.78 is 0. The molecule has 0 radical (unpaired) electrons. The van der Waals surface area contributed by atoms with Gasteiger partial charge in [-0.15, -0.1) is 0 Å². The van der Waals surface area contributed by atoms with E-state index in [1.165, 1.54) is 65.3 Å². The van der Waals surface area contributed by atoms with Gasteiger partial charge >= 0.3 is 0 Å². The van der Waals surface area contributed by atoms with E-state index in [9.17, 15) is 0 Å². The minimum Gasteiger partial charge on any atom is -0.508 e. The Labute approximate surface area is 312 Å². The van der Waals surface area contributed by atoms with Crippen LogP contribution in [-0.4, -0.2) is 30.1 Å². The Kier molecular flexibility index (Phi) is 8.69. The number of aryl methyl sites for hydroxylation is 4. The van der Waals surface area contributed by atoms with Crippen LogP contribution in [0.4, 0.5) is 0 Å². The Hall–Kier alpha value is -6.92. The van der Waals surface area contributed by atoms with Gasteiger partial charge in [-0.3, -0.25) is 19.9 Å². The molecule has 0 spiro atoms. The quantitative estimate of drug-likeness (QED) is 0.153. The minimum absolute atomic E-state index is 0.322. The standard InChI is InChI=1S/2C18H12N2.2C6H6O/c2*1-3-13-9-11-5-6-12-10-14-4-2-8-20-18(14)16(15(11)12)17(13)19-7-1;2*7-6-4-2-1-3-5-6/h2*1-4,7-10H,5-6H2;2*1-5,7H. The van der Waals surface area contributed by atoms with Crippen molar-refractivity contribution in [3.8, 4) is 11.5 Å². The summed E-state index contributed by atoms with van der Waals surface area (Å²) in [6, 6.07) is 43.3. The maximum absolute atomic E-state index is 8.63. The van der Waals surface area contributed by atoms with E-state index in [0.717, 1.165) is 47.8 Å². The van der Waals surface area contributed by atoms with E-state index < -0.39 is 0 Å². The zero-order valence-corrected chi connectivity index (χ0v) is 29.5. The largest absolute Gasteiger partial charge is 0.508 e. The molecule has 2 aliphatic rings. The second-order valence-electron chi connectivity index (χ2n) is 13.6. The van der Waals surface area contributed by atoms with Crippen LogP contribution in [0.5, 0.6) is 11.5 Å². The molecule has 54 heavy (non-hydrogen) atoms. The second-order valence-corrected chi connectivity index (χ2v) is 13.6. The van der Waals surface area contributed by atoms with Crippen LogP contribution in [0.2, 0.25) is 0 Å². The average Bonchev–Trinajstić information content (AvgIpc) is 3.83. The predicted octanol–water partition coefficient (Wildman–Crippen LogP) is 10.9. The van der Waals surface area contributed by atoms with Crippen molar-refractivity contribution in [3.05, 3.63) is 181 Å². The number of hydrogen-bond donors (Lipinski definition) is 2. The molecule has 0 saturated carbocycles.